The SMILES string of the molecule is Cc1c(Sc2ccc(Br)cc2)c2c(Cl)nccc2n1CC(=O)O. The van der Waals surface area contributed by atoms with Crippen molar-refractivity contribution in [2.45, 2.75) is 23.3 Å². The Morgan fingerprint density at radius 2 is 2.04 bits per heavy atom. The Hall–Kier alpha value is -1.50. The first-order valence-electron chi connectivity index (χ1n) is 6.76. The molecule has 0 aliphatic rings. The number of hydrogen-bond donors (Lipinski definition) is 1. The number of carbonyl (C=O) groups is 1. The Morgan fingerprint density at radius 3 is 2.70 bits per heavy atom. The summed E-state index contributed by atoms with van der Waals surface area (Å²) in [6.07, 6.45) is 1.59. The van der Waals surface area contributed by atoms with Gasteiger partial charge < -0.3 is 9.67 Å². The number of rotatable bonds is 4. The Labute approximate surface area is 150 Å². The fraction of sp³-hybridized carbons (Fsp3) is 0.125. The van der Waals surface area contributed by atoms with Crippen molar-refractivity contribution >= 4 is 56.2 Å². The van der Waals surface area contributed by atoms with Crippen LogP contribution in [0.25, 0.3) is 10.9 Å². The van der Waals surface area contributed by atoms with Gasteiger partial charge in [0.1, 0.15) is 11.7 Å². The van der Waals surface area contributed by atoms with Gasteiger partial charge in [0.05, 0.1) is 10.9 Å². The number of hydrogen-bond acceptors (Lipinski definition) is 3. The van der Waals surface area contributed by atoms with Gasteiger partial charge in [-0.05, 0) is 37.3 Å². The van der Waals surface area contributed by atoms with Gasteiger partial charge >= 0.3 is 5.97 Å². The van der Waals surface area contributed by atoms with Gasteiger partial charge in [0, 0.05) is 26.2 Å². The summed E-state index contributed by atoms with van der Waals surface area (Å²) < 4.78 is 2.76. The number of carboxylic acid groups (broad SMARTS) is 1. The summed E-state index contributed by atoms with van der Waals surface area (Å²) in [4.78, 5) is 17.3. The fourth-order valence-corrected chi connectivity index (χ4v) is 4.07. The second-order valence-electron chi connectivity index (χ2n) is 4.95. The summed E-state index contributed by atoms with van der Waals surface area (Å²) >= 11 is 11.3. The van der Waals surface area contributed by atoms with E-state index in [1.54, 1.807) is 28.6 Å². The Kier molecular flexibility index (Phi) is 4.66. The number of carboxylic acids is 1. The van der Waals surface area contributed by atoms with Crippen molar-refractivity contribution in [1.82, 2.24) is 9.55 Å². The molecule has 0 spiro atoms. The molecule has 0 radical (unpaired) electrons. The highest BCUT2D eigenvalue weighted by Crippen LogP contribution is 2.40. The molecule has 0 bridgehead atoms. The monoisotopic (exact) mass is 410 g/mol. The number of benzene rings is 1. The van der Waals surface area contributed by atoms with E-state index in [4.69, 9.17) is 16.7 Å². The lowest BCUT2D eigenvalue weighted by molar-refractivity contribution is -0.137. The molecule has 4 nitrogen and oxygen atoms in total. The van der Waals surface area contributed by atoms with Crippen LogP contribution in [-0.2, 0) is 11.3 Å². The molecule has 2 heterocycles. The van der Waals surface area contributed by atoms with Crippen LogP contribution in [0.1, 0.15) is 5.69 Å². The quantitative estimate of drug-likeness (QED) is 0.614. The molecular weight excluding hydrogens is 400 g/mol. The van der Waals surface area contributed by atoms with Crippen molar-refractivity contribution in [2.24, 2.45) is 0 Å². The number of halogens is 2. The number of fused-ring (bicyclic) bond motifs is 1. The van der Waals surface area contributed by atoms with Gasteiger partial charge in [0.15, 0.2) is 0 Å². The predicted molar refractivity (Wildman–Crippen MR) is 95.4 cm³/mol. The van der Waals surface area contributed by atoms with Gasteiger partial charge in [-0.25, -0.2) is 4.98 Å². The molecule has 7 heteroatoms. The Morgan fingerprint density at radius 1 is 1.35 bits per heavy atom. The molecule has 1 N–H and O–H groups in total. The van der Waals surface area contributed by atoms with Crippen LogP contribution in [0.4, 0.5) is 0 Å². The molecule has 0 aliphatic carbocycles. The highest BCUT2D eigenvalue weighted by atomic mass is 79.9. The van der Waals surface area contributed by atoms with E-state index in [9.17, 15) is 4.79 Å². The number of nitrogens with zero attached hydrogens (tertiary/aromatic N) is 2. The van der Waals surface area contributed by atoms with Crippen molar-refractivity contribution in [3.05, 3.63) is 51.8 Å². The molecule has 0 saturated carbocycles. The first-order valence-corrected chi connectivity index (χ1v) is 8.74. The van der Waals surface area contributed by atoms with Crippen LogP contribution in [-0.4, -0.2) is 20.6 Å². The highest BCUT2D eigenvalue weighted by molar-refractivity contribution is 9.10. The molecule has 3 rings (SSSR count). The van der Waals surface area contributed by atoms with Gasteiger partial charge in [-0.15, -0.1) is 0 Å². The molecular formula is C16H12BrClN2O2S. The molecule has 2 aromatic heterocycles. The molecule has 0 unspecified atom stereocenters. The highest BCUT2D eigenvalue weighted by Gasteiger charge is 2.19. The van der Waals surface area contributed by atoms with Gasteiger partial charge in [-0.1, -0.05) is 39.3 Å². The molecule has 118 valence electrons. The lowest BCUT2D eigenvalue weighted by atomic mass is 10.3. The third-order valence-corrected chi connectivity index (χ3v) is 5.49. The van der Waals surface area contributed by atoms with Crippen LogP contribution >= 0.6 is 39.3 Å². The normalized spacial score (nSPS) is 11.1. The molecule has 0 aliphatic heterocycles. The minimum atomic E-state index is -0.891. The van der Waals surface area contributed by atoms with E-state index < -0.39 is 5.97 Å². The lowest BCUT2D eigenvalue weighted by Crippen LogP contribution is -2.09. The zero-order chi connectivity index (χ0) is 16.6. The first kappa shape index (κ1) is 16.4. The summed E-state index contributed by atoms with van der Waals surface area (Å²) in [6.45, 7) is 1.80. The van der Waals surface area contributed by atoms with Crippen LogP contribution in [0, 0.1) is 6.92 Å². The Bertz CT molecular complexity index is 893. The maximum absolute atomic E-state index is 11.2. The summed E-state index contributed by atoms with van der Waals surface area (Å²) in [6, 6.07) is 9.72. The van der Waals surface area contributed by atoms with Crippen LogP contribution in [0.2, 0.25) is 5.15 Å². The van der Waals surface area contributed by atoms with Gasteiger partial charge in [0.2, 0.25) is 0 Å². The molecule has 0 fully saturated rings. The van der Waals surface area contributed by atoms with Crippen LogP contribution in [0.5, 0.6) is 0 Å². The zero-order valence-corrected chi connectivity index (χ0v) is 15.2. The van der Waals surface area contributed by atoms with Crippen LogP contribution < -0.4 is 0 Å². The smallest absolute Gasteiger partial charge is 0.323 e. The minimum Gasteiger partial charge on any atom is -0.480 e. The summed E-state index contributed by atoms with van der Waals surface area (Å²) in [5, 5.41) is 10.3. The second-order valence-corrected chi connectivity index (χ2v) is 7.30. The van der Waals surface area contributed by atoms with E-state index in [1.807, 2.05) is 31.2 Å². The van der Waals surface area contributed by atoms with Crippen molar-refractivity contribution in [2.75, 3.05) is 0 Å². The zero-order valence-electron chi connectivity index (χ0n) is 12.1. The maximum atomic E-state index is 11.2. The van der Waals surface area contributed by atoms with Gasteiger partial charge in [0.25, 0.3) is 0 Å². The standard InChI is InChI=1S/C16H12BrClN2O2S/c1-9-15(23-11-4-2-10(17)3-5-11)14-12(6-7-19-16(14)18)20(9)8-13(21)22/h2-7H,8H2,1H3,(H,21,22). The number of aromatic nitrogens is 2. The lowest BCUT2D eigenvalue weighted by Gasteiger charge is -2.05. The summed E-state index contributed by atoms with van der Waals surface area (Å²) in [5.41, 5.74) is 1.65. The van der Waals surface area contributed by atoms with E-state index in [1.165, 1.54) is 0 Å². The third kappa shape index (κ3) is 3.24. The van der Waals surface area contributed by atoms with Crippen molar-refractivity contribution in [3.8, 4) is 0 Å². The predicted octanol–water partition coefficient (Wildman–Crippen LogP) is 5.00. The van der Waals surface area contributed by atoms with E-state index in [2.05, 4.69) is 20.9 Å². The van der Waals surface area contributed by atoms with Crippen molar-refractivity contribution in [3.63, 3.8) is 0 Å². The van der Waals surface area contributed by atoms with E-state index in [-0.39, 0.29) is 6.54 Å². The van der Waals surface area contributed by atoms with Crippen molar-refractivity contribution < 1.29 is 9.90 Å². The largest absolute Gasteiger partial charge is 0.480 e. The number of aliphatic carboxylic acids is 1. The molecule has 0 amide bonds. The molecule has 0 atom stereocenters. The average Bonchev–Trinajstić information content (AvgIpc) is 2.76. The first-order chi connectivity index (χ1) is 11.0. The van der Waals surface area contributed by atoms with Gasteiger partial charge in [-0.2, -0.15) is 0 Å². The third-order valence-electron chi connectivity index (χ3n) is 3.46. The van der Waals surface area contributed by atoms with E-state index >= 15 is 0 Å². The van der Waals surface area contributed by atoms with E-state index in [0.29, 0.717) is 5.15 Å². The minimum absolute atomic E-state index is 0.108. The van der Waals surface area contributed by atoms with Gasteiger partial charge in [-0.3, -0.25) is 4.79 Å². The van der Waals surface area contributed by atoms with E-state index in [0.717, 1.165) is 30.9 Å². The molecule has 23 heavy (non-hydrogen) atoms. The Balaban J connectivity index is 2.17. The number of pyridine rings is 1. The van der Waals surface area contributed by atoms with Crippen LogP contribution in [0.15, 0.2) is 50.8 Å². The molecule has 0 saturated heterocycles. The fourth-order valence-electron chi connectivity index (χ4n) is 2.43. The topological polar surface area (TPSA) is 55.1 Å². The average molecular weight is 412 g/mol. The molecule has 3 aromatic rings. The van der Waals surface area contributed by atoms with Crippen molar-refractivity contribution in [1.29, 1.82) is 0 Å². The molecule has 1 aromatic carbocycles. The summed E-state index contributed by atoms with van der Waals surface area (Å²) in [5.74, 6) is -0.891. The summed E-state index contributed by atoms with van der Waals surface area (Å²) in [7, 11) is 0. The maximum Gasteiger partial charge on any atom is 0.323 e. The van der Waals surface area contributed by atoms with Crippen LogP contribution in [0.3, 0.4) is 0 Å². The second kappa shape index (κ2) is 6.55.